The summed E-state index contributed by atoms with van der Waals surface area (Å²) in [5.74, 6) is 0.719. The van der Waals surface area contributed by atoms with Gasteiger partial charge in [-0.05, 0) is 85.3 Å². The fraction of sp³-hybridized carbons (Fsp3) is 0. The topological polar surface area (TPSA) is 52.0 Å². The van der Waals surface area contributed by atoms with E-state index in [1.165, 1.54) is 32.7 Å². The number of aromatic nitrogens is 2. The summed E-state index contributed by atoms with van der Waals surface area (Å²) in [6.45, 7) is 0. The van der Waals surface area contributed by atoms with Gasteiger partial charge in [-0.1, -0.05) is 140 Å². The normalized spacial score (nSPS) is 13.1. The molecule has 8 aromatic carbocycles. The van der Waals surface area contributed by atoms with Crippen LogP contribution in [0, 0.1) is 0 Å². The van der Waals surface area contributed by atoms with E-state index in [2.05, 4.69) is 103 Å². The summed E-state index contributed by atoms with van der Waals surface area (Å²) >= 11 is 0. The molecule has 0 bridgehead atoms. The summed E-state index contributed by atoms with van der Waals surface area (Å²) in [5.41, 5.74) is 9.22. The average Bonchev–Trinajstić information content (AvgIpc) is 3.57. The van der Waals surface area contributed by atoms with Crippen LogP contribution in [0.3, 0.4) is 0 Å². The van der Waals surface area contributed by atoms with Gasteiger partial charge in [0.25, 0.3) is 0 Å². The molecule has 0 radical (unpaired) electrons. The molecule has 50 heavy (non-hydrogen) atoms. The largest absolute Gasteiger partial charge is 0.290 e. The van der Waals surface area contributed by atoms with Crippen molar-refractivity contribution in [3.05, 3.63) is 170 Å². The van der Waals surface area contributed by atoms with Crippen molar-refractivity contribution in [2.24, 2.45) is 0 Å². The van der Waals surface area contributed by atoms with Gasteiger partial charge in [0.1, 0.15) is 5.82 Å². The van der Waals surface area contributed by atoms with Gasteiger partial charge in [-0.15, -0.1) is 0 Å². The molecule has 0 amide bonds. The molecule has 0 fully saturated rings. The third-order valence-corrected chi connectivity index (χ3v) is 11.7. The van der Waals surface area contributed by atoms with Crippen molar-refractivity contribution in [1.82, 2.24) is 9.55 Å². The van der Waals surface area contributed by atoms with Gasteiger partial charge in [0.15, 0.2) is 0 Å². The number of benzene rings is 8. The maximum atomic E-state index is 14.3. The van der Waals surface area contributed by atoms with Crippen LogP contribution in [0.1, 0.15) is 0 Å². The molecule has 0 saturated carbocycles. The van der Waals surface area contributed by atoms with Gasteiger partial charge in [0.2, 0.25) is 9.84 Å². The number of imidazole rings is 1. The molecule has 9 aromatic rings. The van der Waals surface area contributed by atoms with Gasteiger partial charge in [-0.2, -0.15) is 0 Å². The van der Waals surface area contributed by atoms with Crippen molar-refractivity contribution in [3.63, 3.8) is 0 Å². The molecule has 0 atom stereocenters. The molecule has 0 aliphatic carbocycles. The van der Waals surface area contributed by atoms with E-state index in [0.717, 1.165) is 33.6 Å². The molecular formula is C45H28N2O2S. The minimum Gasteiger partial charge on any atom is -0.290 e. The van der Waals surface area contributed by atoms with Crippen molar-refractivity contribution in [2.75, 3.05) is 0 Å². The lowest BCUT2D eigenvalue weighted by Gasteiger charge is -2.22. The second kappa shape index (κ2) is 10.9. The number of hydrogen-bond donors (Lipinski definition) is 0. The van der Waals surface area contributed by atoms with Gasteiger partial charge in [-0.25, -0.2) is 13.4 Å². The maximum Gasteiger partial charge on any atom is 0.210 e. The molecule has 236 valence electrons. The Morgan fingerprint density at radius 3 is 1.60 bits per heavy atom. The fourth-order valence-corrected chi connectivity index (χ4v) is 9.41. The SMILES string of the molecule is O=S1(=O)c2cc(-c3cccc(-c4c5ccccc5c(-c5ccccc5)c5ccccc45)c3)ccc2-n2c(-c3ccccc3)nc3cccc1c32. The van der Waals surface area contributed by atoms with Crippen molar-refractivity contribution in [3.8, 4) is 50.5 Å². The number of nitrogens with zero attached hydrogens (tertiary/aromatic N) is 2. The van der Waals surface area contributed by atoms with Gasteiger partial charge >= 0.3 is 0 Å². The second-order valence-corrected chi connectivity index (χ2v) is 14.6. The molecule has 0 spiro atoms. The Kier molecular flexibility index (Phi) is 6.23. The molecule has 1 aromatic heterocycles. The molecule has 4 nitrogen and oxygen atoms in total. The molecule has 0 N–H and O–H groups in total. The standard InChI is InChI=1S/C45H28N2O2S/c48-50(49)40-24-12-23-38-44(40)47(45(46-38)30-15-5-2-6-16-30)39-26-25-32(28-41(39)50)31-17-11-18-33(27-31)43-36-21-9-7-19-34(36)42(29-13-3-1-4-14-29)35-20-8-10-22-37(35)43/h1-28H. The van der Waals surface area contributed by atoms with Crippen LogP contribution < -0.4 is 0 Å². The van der Waals surface area contributed by atoms with Crippen LogP contribution in [0.4, 0.5) is 0 Å². The van der Waals surface area contributed by atoms with Gasteiger partial charge in [0, 0.05) is 5.56 Å². The summed E-state index contributed by atoms with van der Waals surface area (Å²) in [6, 6.07) is 57.3. The zero-order valence-corrected chi connectivity index (χ0v) is 27.6. The van der Waals surface area contributed by atoms with E-state index in [0.29, 0.717) is 16.7 Å². The van der Waals surface area contributed by atoms with Crippen LogP contribution in [0.2, 0.25) is 0 Å². The smallest absolute Gasteiger partial charge is 0.210 e. The Balaban J connectivity index is 1.18. The van der Waals surface area contributed by atoms with Gasteiger partial charge in [-0.3, -0.25) is 4.57 Å². The first-order chi connectivity index (χ1) is 24.6. The zero-order chi connectivity index (χ0) is 33.4. The minimum atomic E-state index is -3.82. The highest BCUT2D eigenvalue weighted by atomic mass is 32.2. The van der Waals surface area contributed by atoms with E-state index in [1.807, 2.05) is 59.2 Å². The quantitative estimate of drug-likeness (QED) is 0.177. The lowest BCUT2D eigenvalue weighted by molar-refractivity contribution is 0.594. The average molecular weight is 661 g/mol. The van der Waals surface area contributed by atoms with E-state index in [9.17, 15) is 8.42 Å². The molecule has 1 aliphatic heterocycles. The van der Waals surface area contributed by atoms with Crippen molar-refractivity contribution >= 4 is 42.4 Å². The molecule has 1 aliphatic rings. The molecule has 0 unspecified atom stereocenters. The summed E-state index contributed by atoms with van der Waals surface area (Å²) in [6.07, 6.45) is 0. The van der Waals surface area contributed by atoms with Crippen LogP contribution >= 0.6 is 0 Å². The Morgan fingerprint density at radius 1 is 0.420 bits per heavy atom. The molecule has 10 rings (SSSR count). The molecular weight excluding hydrogens is 633 g/mol. The Morgan fingerprint density at radius 2 is 0.940 bits per heavy atom. The number of sulfone groups is 1. The lowest BCUT2D eigenvalue weighted by atomic mass is 9.85. The van der Waals surface area contributed by atoms with Crippen LogP contribution in [-0.2, 0) is 9.84 Å². The fourth-order valence-electron chi connectivity index (χ4n) is 7.75. The van der Waals surface area contributed by atoms with Crippen molar-refractivity contribution in [1.29, 1.82) is 0 Å². The summed E-state index contributed by atoms with van der Waals surface area (Å²) in [7, 11) is -3.82. The monoisotopic (exact) mass is 660 g/mol. The Labute approximate surface area is 289 Å². The van der Waals surface area contributed by atoms with E-state index in [4.69, 9.17) is 4.98 Å². The molecule has 2 heterocycles. The Hall–Kier alpha value is -6.30. The van der Waals surface area contributed by atoms with Crippen LogP contribution in [-0.4, -0.2) is 18.0 Å². The number of para-hydroxylation sites is 1. The van der Waals surface area contributed by atoms with Crippen LogP contribution in [0.5, 0.6) is 0 Å². The number of fused-ring (bicyclic) bond motifs is 4. The van der Waals surface area contributed by atoms with Gasteiger partial charge in [0.05, 0.1) is 26.5 Å². The van der Waals surface area contributed by atoms with Crippen LogP contribution in [0.25, 0.3) is 83.0 Å². The third kappa shape index (κ3) is 4.17. The maximum absolute atomic E-state index is 14.3. The predicted octanol–water partition coefficient (Wildman–Crippen LogP) is 11.1. The van der Waals surface area contributed by atoms with E-state index >= 15 is 0 Å². The van der Waals surface area contributed by atoms with E-state index in [-0.39, 0.29) is 9.79 Å². The first-order valence-electron chi connectivity index (χ1n) is 16.6. The highest BCUT2D eigenvalue weighted by Gasteiger charge is 2.34. The van der Waals surface area contributed by atoms with Crippen LogP contribution in [0.15, 0.2) is 180 Å². The lowest BCUT2D eigenvalue weighted by Crippen LogP contribution is -2.15. The third-order valence-electron chi connectivity index (χ3n) is 9.93. The molecule has 5 heteroatoms. The van der Waals surface area contributed by atoms with Crippen molar-refractivity contribution in [2.45, 2.75) is 9.79 Å². The second-order valence-electron chi connectivity index (χ2n) is 12.7. The predicted molar refractivity (Wildman–Crippen MR) is 203 cm³/mol. The zero-order valence-electron chi connectivity index (χ0n) is 26.8. The first kappa shape index (κ1) is 28.7. The first-order valence-corrected chi connectivity index (χ1v) is 18.1. The summed E-state index contributed by atoms with van der Waals surface area (Å²) < 4.78 is 30.6. The Bertz CT molecular complexity index is 2870. The molecule has 0 saturated heterocycles. The highest BCUT2D eigenvalue weighted by Crippen LogP contribution is 2.46. The van der Waals surface area contributed by atoms with Gasteiger partial charge < -0.3 is 0 Å². The van der Waals surface area contributed by atoms with E-state index < -0.39 is 9.84 Å². The van der Waals surface area contributed by atoms with E-state index in [1.54, 1.807) is 12.1 Å². The van der Waals surface area contributed by atoms with Crippen molar-refractivity contribution < 1.29 is 8.42 Å². The highest BCUT2D eigenvalue weighted by molar-refractivity contribution is 7.92. The summed E-state index contributed by atoms with van der Waals surface area (Å²) in [5, 5.41) is 4.73. The number of hydrogen-bond acceptors (Lipinski definition) is 3. The summed E-state index contributed by atoms with van der Waals surface area (Å²) in [4.78, 5) is 5.47. The number of rotatable bonds is 4. The minimum absolute atomic E-state index is 0.277.